The molecule has 1 N–H and O–H groups in total. The van der Waals surface area contributed by atoms with E-state index in [1.54, 1.807) is 0 Å². The van der Waals surface area contributed by atoms with Crippen molar-refractivity contribution < 1.29 is 23.6 Å². The Balaban J connectivity index is 2.16. The molecule has 1 aromatic rings. The third-order valence-electron chi connectivity index (χ3n) is 2.69. The van der Waals surface area contributed by atoms with Crippen molar-refractivity contribution in [2.75, 3.05) is 6.61 Å². The quantitative estimate of drug-likeness (QED) is 0.482. The zero-order valence-electron chi connectivity index (χ0n) is 10.4. The molecule has 0 aliphatic carbocycles. The van der Waals surface area contributed by atoms with Gasteiger partial charge in [0.25, 0.3) is 0 Å². The summed E-state index contributed by atoms with van der Waals surface area (Å²) in [5.41, 5.74) is 0.710. The lowest BCUT2D eigenvalue weighted by atomic mass is 9.78. The molecular weight excluding hydrogens is 250 g/mol. The third kappa shape index (κ3) is 2.95. The van der Waals surface area contributed by atoms with E-state index < -0.39 is 18.9 Å². The molecule has 98 valence electrons. The Labute approximate surface area is 110 Å². The molecule has 0 unspecified atom stereocenters. The number of rotatable bonds is 2. The fourth-order valence-corrected chi connectivity index (χ4v) is 1.76. The molecule has 1 heterocycles. The summed E-state index contributed by atoms with van der Waals surface area (Å²) in [6.07, 6.45) is 0.661. The van der Waals surface area contributed by atoms with E-state index in [0.29, 0.717) is 17.4 Å². The van der Waals surface area contributed by atoms with Gasteiger partial charge in [-0.25, -0.2) is 9.18 Å². The monoisotopic (exact) mass is 262 g/mol. The van der Waals surface area contributed by atoms with Gasteiger partial charge in [-0.3, -0.25) is 0 Å². The molecule has 19 heavy (non-hydrogen) atoms. The van der Waals surface area contributed by atoms with Crippen LogP contribution in [0.3, 0.4) is 0 Å². The Kier molecular flexibility index (Phi) is 4.20. The van der Waals surface area contributed by atoms with Crippen molar-refractivity contribution in [3.8, 4) is 11.8 Å². The van der Waals surface area contributed by atoms with E-state index in [1.807, 2.05) is 6.92 Å². The first-order chi connectivity index (χ1) is 9.13. The van der Waals surface area contributed by atoms with Crippen LogP contribution >= 0.6 is 0 Å². The summed E-state index contributed by atoms with van der Waals surface area (Å²) in [4.78, 5) is 11.7. The van der Waals surface area contributed by atoms with Crippen molar-refractivity contribution in [1.29, 1.82) is 0 Å². The first-order valence-corrected chi connectivity index (χ1v) is 5.88. The van der Waals surface area contributed by atoms with Gasteiger partial charge in [0.15, 0.2) is 6.61 Å². The molecular formula is C13H12BFO4. The van der Waals surface area contributed by atoms with Crippen molar-refractivity contribution in [3.05, 3.63) is 29.1 Å². The highest BCUT2D eigenvalue weighted by atomic mass is 19.1. The van der Waals surface area contributed by atoms with Gasteiger partial charge in [-0.1, -0.05) is 12.8 Å². The number of carbonyl (C=O) groups is 1. The average molecular weight is 262 g/mol. The van der Waals surface area contributed by atoms with E-state index in [4.69, 9.17) is 9.39 Å². The fraction of sp³-hybridized carbons (Fsp3) is 0.308. The first-order valence-electron chi connectivity index (χ1n) is 5.88. The summed E-state index contributed by atoms with van der Waals surface area (Å²) in [5, 5.41) is 9.51. The largest absolute Gasteiger partial charge is 0.491 e. The zero-order valence-corrected chi connectivity index (χ0v) is 10.4. The van der Waals surface area contributed by atoms with Crippen molar-refractivity contribution in [2.45, 2.75) is 20.0 Å². The van der Waals surface area contributed by atoms with Gasteiger partial charge in [0.1, 0.15) is 5.82 Å². The molecule has 0 aromatic heterocycles. The smallest absolute Gasteiger partial charge is 0.449 e. The van der Waals surface area contributed by atoms with Crippen molar-refractivity contribution in [2.24, 2.45) is 0 Å². The molecule has 0 saturated heterocycles. The lowest BCUT2D eigenvalue weighted by Gasteiger charge is -2.05. The van der Waals surface area contributed by atoms with Crippen LogP contribution in [-0.4, -0.2) is 24.7 Å². The Morgan fingerprint density at radius 2 is 2.37 bits per heavy atom. The second-order valence-corrected chi connectivity index (χ2v) is 3.98. The SMILES string of the molecule is CCC#CCOC(=O)c1cc2c(cc1F)COB2O. The van der Waals surface area contributed by atoms with Gasteiger partial charge in [0.2, 0.25) is 0 Å². The predicted molar refractivity (Wildman–Crippen MR) is 67.1 cm³/mol. The van der Waals surface area contributed by atoms with Crippen LogP contribution in [0.15, 0.2) is 12.1 Å². The zero-order chi connectivity index (χ0) is 13.8. The van der Waals surface area contributed by atoms with Crippen LogP contribution in [0.4, 0.5) is 4.39 Å². The summed E-state index contributed by atoms with van der Waals surface area (Å²) < 4.78 is 23.5. The maximum atomic E-state index is 13.7. The second-order valence-electron chi connectivity index (χ2n) is 3.98. The van der Waals surface area contributed by atoms with Gasteiger partial charge in [-0.05, 0) is 23.2 Å². The van der Waals surface area contributed by atoms with Crippen molar-refractivity contribution in [3.63, 3.8) is 0 Å². The predicted octanol–water partition coefficient (Wildman–Crippen LogP) is 0.614. The highest BCUT2D eigenvalue weighted by Crippen LogP contribution is 2.16. The number of benzene rings is 1. The van der Waals surface area contributed by atoms with Crippen LogP contribution < -0.4 is 5.46 Å². The number of hydrogen-bond donors (Lipinski definition) is 1. The lowest BCUT2D eigenvalue weighted by Crippen LogP contribution is -2.29. The molecule has 0 amide bonds. The molecule has 1 aliphatic heterocycles. The summed E-state index contributed by atoms with van der Waals surface area (Å²) in [6.45, 7) is 1.92. The minimum Gasteiger partial charge on any atom is -0.449 e. The Morgan fingerprint density at radius 3 is 3.11 bits per heavy atom. The van der Waals surface area contributed by atoms with Crippen LogP contribution in [0.5, 0.6) is 0 Å². The second kappa shape index (κ2) is 5.87. The summed E-state index contributed by atoms with van der Waals surface area (Å²) in [7, 11) is -1.12. The van der Waals surface area contributed by atoms with Gasteiger partial charge in [0.05, 0.1) is 12.2 Å². The van der Waals surface area contributed by atoms with E-state index in [0.717, 1.165) is 0 Å². The Bertz CT molecular complexity index is 562. The molecule has 0 saturated carbocycles. The van der Waals surface area contributed by atoms with Crippen LogP contribution in [0.1, 0.15) is 29.3 Å². The fourth-order valence-electron chi connectivity index (χ4n) is 1.76. The first kappa shape index (κ1) is 13.6. The molecule has 0 atom stereocenters. The average Bonchev–Trinajstić information content (AvgIpc) is 2.74. The van der Waals surface area contributed by atoms with Crippen molar-refractivity contribution >= 4 is 18.6 Å². The Morgan fingerprint density at radius 1 is 1.58 bits per heavy atom. The summed E-state index contributed by atoms with van der Waals surface area (Å²) in [6, 6.07) is 2.44. The number of esters is 1. The molecule has 0 radical (unpaired) electrons. The molecule has 1 aliphatic rings. The molecule has 0 fully saturated rings. The number of ether oxygens (including phenoxy) is 1. The molecule has 1 aromatic carbocycles. The highest BCUT2D eigenvalue weighted by molar-refractivity contribution is 6.61. The van der Waals surface area contributed by atoms with Gasteiger partial charge in [-0.2, -0.15) is 0 Å². The van der Waals surface area contributed by atoms with Crippen LogP contribution in [0.2, 0.25) is 0 Å². The number of fused-ring (bicyclic) bond motifs is 1. The number of halogens is 1. The molecule has 2 rings (SSSR count). The molecule has 4 nitrogen and oxygen atoms in total. The maximum absolute atomic E-state index is 13.7. The highest BCUT2D eigenvalue weighted by Gasteiger charge is 2.30. The van der Waals surface area contributed by atoms with E-state index in [1.165, 1.54) is 12.1 Å². The summed E-state index contributed by atoms with van der Waals surface area (Å²) in [5.74, 6) is 3.87. The van der Waals surface area contributed by atoms with E-state index in [-0.39, 0.29) is 18.8 Å². The normalized spacial score (nSPS) is 12.7. The van der Waals surface area contributed by atoms with Gasteiger partial charge in [-0.15, -0.1) is 5.92 Å². The summed E-state index contributed by atoms with van der Waals surface area (Å²) >= 11 is 0. The van der Waals surface area contributed by atoms with Crippen LogP contribution in [0, 0.1) is 17.7 Å². The van der Waals surface area contributed by atoms with E-state index in [9.17, 15) is 14.2 Å². The minimum atomic E-state index is -1.12. The van der Waals surface area contributed by atoms with Crippen molar-refractivity contribution in [1.82, 2.24) is 0 Å². The van der Waals surface area contributed by atoms with Gasteiger partial charge in [0, 0.05) is 6.42 Å². The van der Waals surface area contributed by atoms with E-state index >= 15 is 0 Å². The molecule has 0 spiro atoms. The van der Waals surface area contributed by atoms with E-state index in [2.05, 4.69) is 11.8 Å². The molecule has 6 heteroatoms. The minimum absolute atomic E-state index is 0.0811. The van der Waals surface area contributed by atoms with Gasteiger partial charge < -0.3 is 14.4 Å². The lowest BCUT2D eigenvalue weighted by molar-refractivity contribution is 0.0551. The Hall–Kier alpha value is -1.84. The third-order valence-corrected chi connectivity index (χ3v) is 2.69. The van der Waals surface area contributed by atoms with Gasteiger partial charge >= 0.3 is 13.1 Å². The molecule has 0 bridgehead atoms. The van der Waals surface area contributed by atoms with Crippen LogP contribution in [-0.2, 0) is 16.0 Å². The maximum Gasteiger partial charge on any atom is 0.491 e. The number of carbonyl (C=O) groups excluding carboxylic acids is 1. The standard InChI is InChI=1S/C13H12BFO4/c1-2-3-4-5-18-13(16)10-7-11-9(6-12(10)15)8-19-14(11)17/h6-7,17H,2,5,8H2,1H3. The van der Waals surface area contributed by atoms with Crippen LogP contribution in [0.25, 0.3) is 0 Å². The topological polar surface area (TPSA) is 55.8 Å². The number of hydrogen-bond acceptors (Lipinski definition) is 4.